The van der Waals surface area contributed by atoms with Gasteiger partial charge in [0, 0.05) is 91.9 Å². The lowest BCUT2D eigenvalue weighted by atomic mass is 10.1. The zero-order chi connectivity index (χ0) is 86.9. The number of carbonyl (C=O) groups is 10. The van der Waals surface area contributed by atoms with Gasteiger partial charge in [0.05, 0.1) is 90.8 Å². The number of aliphatic hydroxyl groups excluding tert-OH is 4. The molecule has 0 saturated carbocycles. The molecule has 13 rings (SSSR count). The van der Waals surface area contributed by atoms with Crippen molar-refractivity contribution in [3.05, 3.63) is 273 Å². The minimum Gasteiger partial charge on any atom is -0.478 e. The van der Waals surface area contributed by atoms with Crippen molar-refractivity contribution in [3.8, 4) is 22.5 Å². The van der Waals surface area contributed by atoms with Gasteiger partial charge in [-0.15, -0.1) is 0 Å². The monoisotopic (exact) mass is 1700 g/mol. The molecule has 37 heteroatoms. The van der Waals surface area contributed by atoms with Crippen molar-refractivity contribution in [1.29, 1.82) is 0 Å². The number of carbonyl (C=O) groups excluding carboxylic acids is 9. The predicted molar refractivity (Wildman–Crippen MR) is 424 cm³/mol. The summed E-state index contributed by atoms with van der Waals surface area (Å²) in [5, 5.41) is 48.6. The second kappa shape index (κ2) is 43.4. The summed E-state index contributed by atoms with van der Waals surface area (Å²) in [7, 11) is 0. The summed E-state index contributed by atoms with van der Waals surface area (Å²) in [6, 6.07) is 41.8. The Hall–Kier alpha value is -13.1. The lowest BCUT2D eigenvalue weighted by Gasteiger charge is -2.28. The van der Waals surface area contributed by atoms with E-state index in [1.807, 2.05) is 133 Å². The Kier molecular flexibility index (Phi) is 32.8. The van der Waals surface area contributed by atoms with Crippen molar-refractivity contribution in [2.75, 3.05) is 0 Å². The van der Waals surface area contributed by atoms with Gasteiger partial charge in [-0.2, -0.15) is 0 Å². The number of ether oxygens (including phenoxy) is 6. The van der Waals surface area contributed by atoms with E-state index in [1.54, 1.807) is 17.3 Å². The molecule has 3 aliphatic heterocycles. The van der Waals surface area contributed by atoms with E-state index < -0.39 is 121 Å². The number of carboxylic acid groups (broad SMARTS) is 1. The fraction of sp³-hybridized carbons (Fsp3) is 0.277. The minimum absolute atomic E-state index is 0.0217. The Morgan fingerprint density at radius 2 is 0.583 bits per heavy atom. The average Bonchev–Trinajstić information content (AvgIpc) is 1.61. The number of esters is 6. The van der Waals surface area contributed by atoms with Crippen LogP contribution in [-0.2, 0) is 116 Å². The van der Waals surface area contributed by atoms with Crippen LogP contribution in [0.15, 0.2) is 195 Å². The maximum absolute atomic E-state index is 13.5. The van der Waals surface area contributed by atoms with Crippen LogP contribution in [0.3, 0.4) is 0 Å². The summed E-state index contributed by atoms with van der Waals surface area (Å²) >= 11 is 17.1. The van der Waals surface area contributed by atoms with Crippen LogP contribution in [0, 0.1) is 0 Å². The Morgan fingerprint density at radius 3 is 0.892 bits per heavy atom. The van der Waals surface area contributed by atoms with Crippen molar-refractivity contribution in [2.24, 2.45) is 0 Å². The highest BCUT2D eigenvalue weighted by Crippen LogP contribution is 2.34. The number of fused-ring (bicyclic) bond motifs is 3. The third-order valence-corrected chi connectivity index (χ3v) is 18.1. The van der Waals surface area contributed by atoms with Crippen molar-refractivity contribution in [1.82, 2.24) is 64.5 Å². The molecule has 0 aliphatic carbocycles. The molecule has 10 atom stereocenters. The van der Waals surface area contributed by atoms with Gasteiger partial charge in [-0.3, -0.25) is 68.1 Å². The molecule has 0 saturated heterocycles. The number of halogens is 3. The van der Waals surface area contributed by atoms with Crippen LogP contribution in [-0.4, -0.2) is 180 Å². The lowest BCUT2D eigenvalue weighted by Crippen LogP contribution is -2.43. The summed E-state index contributed by atoms with van der Waals surface area (Å²) < 4.78 is 30.9. The van der Waals surface area contributed by atoms with Crippen LogP contribution in [0.5, 0.6) is 0 Å². The van der Waals surface area contributed by atoms with Gasteiger partial charge in [0.1, 0.15) is 44.7 Å². The first-order valence-electron chi connectivity index (χ1n) is 36.5. The molecule has 5 aromatic heterocycles. The molecule has 3 amide bonds. The summed E-state index contributed by atoms with van der Waals surface area (Å²) in [4.78, 5) is 165. The normalized spacial score (nSPS) is 14.5. The topological polar surface area (TPSA) is 466 Å². The highest BCUT2D eigenvalue weighted by atomic mass is 35.5. The number of benzene rings is 5. The molecule has 0 spiro atoms. The second-order valence-corrected chi connectivity index (χ2v) is 27.8. The molecule has 34 nitrogen and oxygen atoms in total. The molecule has 120 heavy (non-hydrogen) atoms. The zero-order valence-corrected chi connectivity index (χ0v) is 67.5. The van der Waals surface area contributed by atoms with E-state index in [9.17, 15) is 63.3 Å². The largest absolute Gasteiger partial charge is 0.478 e. The predicted octanol–water partition coefficient (Wildman–Crippen LogP) is 8.81. The van der Waals surface area contributed by atoms with Crippen molar-refractivity contribution in [2.45, 2.75) is 149 Å². The molecular weight excluding hydrogens is 1620 g/mol. The molecule has 10 aromatic rings. The SMILES string of the molecule is CC(=O)O[C@@H](C(=O)N1Cc2ccccc2C1)[C@@H](OC(C)=O)c1cncc(-c2ccccc2)n1.CC(=O)O[C@@H](C(=O)N1Cc2ccccc2C1)[C@@H](OC(C)=O)c1cncc(Cl)n1.CC(=O)O[C@@H](C(=O)O)[C@@H](OC(C)=O)c1cncc(Cl)n1.C[C@H](O)[C@@H](O)c1cncc(Cl)n1.O=C([C@H](O)[C@@H](O)c1cncc(-c2ccccc2)n1)N1Cc2ccccc2C1. The van der Waals surface area contributed by atoms with Crippen LogP contribution in [0.2, 0.25) is 15.5 Å². The van der Waals surface area contributed by atoms with Gasteiger partial charge in [-0.1, -0.05) is 168 Å². The first-order valence-corrected chi connectivity index (χ1v) is 37.7. The molecule has 0 radical (unpaired) electrons. The number of nitrogens with zero attached hydrogens (tertiary/aromatic N) is 13. The smallest absolute Gasteiger partial charge is 0.349 e. The highest BCUT2D eigenvalue weighted by Gasteiger charge is 2.44. The summed E-state index contributed by atoms with van der Waals surface area (Å²) in [6.07, 6.45) is 0.161. The van der Waals surface area contributed by atoms with Crippen molar-refractivity contribution >= 4 is 94.3 Å². The van der Waals surface area contributed by atoms with Crippen LogP contribution in [0.25, 0.3) is 22.5 Å². The molecule has 0 unspecified atom stereocenters. The molecule has 8 heterocycles. The third kappa shape index (κ3) is 25.7. The Labute approximate surface area is 701 Å². The molecule has 624 valence electrons. The lowest BCUT2D eigenvalue weighted by molar-refractivity contribution is -0.178. The van der Waals surface area contributed by atoms with E-state index in [4.69, 9.17) is 68.7 Å². The Balaban J connectivity index is 0.000000176. The molecule has 5 N–H and O–H groups in total. The van der Waals surface area contributed by atoms with E-state index in [-0.39, 0.29) is 43.9 Å². The second-order valence-electron chi connectivity index (χ2n) is 26.7. The fourth-order valence-electron chi connectivity index (χ4n) is 12.2. The van der Waals surface area contributed by atoms with Gasteiger partial charge in [0.2, 0.25) is 18.3 Å². The van der Waals surface area contributed by atoms with E-state index in [0.29, 0.717) is 50.7 Å². The number of aromatic nitrogens is 10. The number of aliphatic hydroxyl groups is 4. The molecule has 3 aliphatic rings. The van der Waals surface area contributed by atoms with Crippen LogP contribution in [0.1, 0.15) is 141 Å². The molecule has 0 fully saturated rings. The number of aliphatic carboxylic acids is 1. The van der Waals surface area contributed by atoms with E-state index in [2.05, 4.69) is 54.6 Å². The average molecular weight is 1700 g/mol. The standard InChI is InChI=1S/C25H23N3O5.C21H19N3O3.C19H18ClN3O5.C11H11ClN2O6.C7H9ClN2O2/c1-16(29)32-23(22-13-26-12-21(27-22)18-8-4-3-5-9-18)24(33-17(2)30)25(31)28-14-19-10-6-7-11-20(19)15-28;25-19(18-11-22-10-17(23-18)14-6-2-1-3-7-14)20(26)21(27)24-12-15-8-4-5-9-16(15)13-24;1-11(24)27-17(15-7-21-8-16(20)22-15)18(28-12(2)25)19(26)23-9-13-5-3-4-6-14(13)10-23;1-5(15)19-9(7-3-13-4-8(12)14-7)10(11(17)18)20-6(2)16;1-4(11)7(12)5-2-9-3-6(8)10-5/h3-13,23-24H,14-15H2,1-2H3;1-11,19-20,25-26H,12-13H2;3-8,17-18H,9-10H2,1-2H3;3-4,9-10H,1-2H3,(H,17,18);2-4,7,11-12H,1H3/t23-,24+;19-,20+;17-,18+;9-,10+;4-,7+/m00000/s1. The van der Waals surface area contributed by atoms with Gasteiger partial charge < -0.3 is 68.7 Å². The van der Waals surface area contributed by atoms with E-state index in [1.165, 1.54) is 94.0 Å². The summed E-state index contributed by atoms with van der Waals surface area (Å²) in [5.74, 6) is -7.27. The van der Waals surface area contributed by atoms with Gasteiger partial charge >= 0.3 is 41.8 Å². The fourth-order valence-corrected chi connectivity index (χ4v) is 12.7. The quantitative estimate of drug-likeness (QED) is 0.0312. The van der Waals surface area contributed by atoms with Gasteiger partial charge in [0.15, 0.2) is 24.4 Å². The Bertz CT molecular complexity index is 5230. The third-order valence-electron chi connectivity index (χ3n) is 17.6. The molecule has 5 aromatic carbocycles. The maximum atomic E-state index is 13.5. The van der Waals surface area contributed by atoms with Crippen LogP contribution in [0.4, 0.5) is 0 Å². The summed E-state index contributed by atoms with van der Waals surface area (Å²) in [5.41, 5.74) is 9.62. The summed E-state index contributed by atoms with van der Waals surface area (Å²) in [6.45, 7) is 10.7. The maximum Gasteiger partial charge on any atom is 0.349 e. The number of rotatable bonds is 22. The number of hydrogen-bond acceptors (Lipinski definition) is 30. The number of carboxylic acids is 1. The highest BCUT2D eigenvalue weighted by molar-refractivity contribution is 6.29. The number of hydrogen-bond donors (Lipinski definition) is 5. The first-order chi connectivity index (χ1) is 57.3. The Morgan fingerprint density at radius 1 is 0.325 bits per heavy atom. The van der Waals surface area contributed by atoms with Gasteiger partial charge in [-0.25, -0.2) is 29.7 Å². The minimum atomic E-state index is -1.75. The van der Waals surface area contributed by atoms with Crippen LogP contribution >= 0.6 is 34.8 Å². The molecule has 0 bridgehead atoms. The van der Waals surface area contributed by atoms with E-state index in [0.717, 1.165) is 58.4 Å². The zero-order valence-electron chi connectivity index (χ0n) is 65.2. The number of amides is 3. The van der Waals surface area contributed by atoms with Gasteiger partial charge in [0.25, 0.3) is 17.7 Å². The van der Waals surface area contributed by atoms with Crippen molar-refractivity contribution in [3.63, 3.8) is 0 Å². The molecular formula is C83H80Cl3N13O21. The van der Waals surface area contributed by atoms with Crippen LogP contribution < -0.4 is 0 Å². The van der Waals surface area contributed by atoms with Crippen molar-refractivity contribution < 1.29 is 102 Å². The van der Waals surface area contributed by atoms with E-state index >= 15 is 0 Å². The van der Waals surface area contributed by atoms with Gasteiger partial charge in [-0.05, 0) is 40.3 Å². The first kappa shape index (κ1) is 90.8.